The zero-order chi connectivity index (χ0) is 27.5. The molecule has 0 fully saturated rings. The van der Waals surface area contributed by atoms with Crippen LogP contribution in [-0.4, -0.2) is 65.6 Å². The van der Waals surface area contributed by atoms with E-state index >= 15 is 0 Å². The average Bonchev–Trinajstić information content (AvgIpc) is 2.88. The normalized spacial score (nSPS) is 16.4. The van der Waals surface area contributed by atoms with E-state index in [-0.39, 0.29) is 18.3 Å². The molecule has 0 unspecified atom stereocenters. The molecule has 2 aromatic carbocycles. The first kappa shape index (κ1) is 31.0. The van der Waals surface area contributed by atoms with Gasteiger partial charge < -0.3 is 33.0 Å². The predicted molar refractivity (Wildman–Crippen MR) is 146 cm³/mol. The Morgan fingerprint density at radius 3 is 1.59 bits per heavy atom. The molecule has 0 spiro atoms. The lowest BCUT2D eigenvalue weighted by atomic mass is 9.99. The second-order valence-corrected chi connectivity index (χ2v) is 15.3. The number of aldehydes is 2. The summed E-state index contributed by atoms with van der Waals surface area (Å²) in [6, 6.07) is 19.2. The average molecular weight is 531 g/mol. The van der Waals surface area contributed by atoms with Gasteiger partial charge in [-0.25, -0.2) is 0 Å². The molecule has 5 atom stereocenters. The summed E-state index contributed by atoms with van der Waals surface area (Å²) in [5.41, 5.74) is 1.84. The number of benzene rings is 2. The highest BCUT2D eigenvalue weighted by Crippen LogP contribution is 2.39. The van der Waals surface area contributed by atoms with Gasteiger partial charge in [-0.15, -0.1) is 0 Å². The molecule has 0 aliphatic carbocycles. The van der Waals surface area contributed by atoms with Gasteiger partial charge in [-0.2, -0.15) is 0 Å². The van der Waals surface area contributed by atoms with Gasteiger partial charge in [0, 0.05) is 14.2 Å². The van der Waals surface area contributed by atoms with Crippen molar-refractivity contribution < 1.29 is 33.0 Å². The maximum Gasteiger partial charge on any atom is 0.192 e. The SMILES string of the molecule is CO[C@H]([C@@H](O[Si](C)(C)C(C)(C)C)[C@@H](C=O)OC)[C@H](OCc1ccccc1)[C@@H](C=O)OCc1ccccc1. The Kier molecular flexibility index (Phi) is 12.3. The van der Waals surface area contributed by atoms with E-state index in [1.165, 1.54) is 14.2 Å². The van der Waals surface area contributed by atoms with Gasteiger partial charge in [-0.1, -0.05) is 81.4 Å². The molecule has 2 aromatic rings. The lowest BCUT2D eigenvalue weighted by Crippen LogP contribution is -2.58. The van der Waals surface area contributed by atoms with E-state index in [4.69, 9.17) is 23.4 Å². The number of carbonyl (C=O) groups excluding carboxylic acids is 2. The predicted octanol–water partition coefficient (Wildman–Crippen LogP) is 4.98. The summed E-state index contributed by atoms with van der Waals surface area (Å²) in [7, 11) is 0.576. The minimum atomic E-state index is -2.39. The fraction of sp³-hybridized carbons (Fsp3) is 0.517. The molecule has 204 valence electrons. The lowest BCUT2D eigenvalue weighted by molar-refractivity contribution is -0.180. The van der Waals surface area contributed by atoms with Crippen LogP contribution in [0.2, 0.25) is 18.1 Å². The van der Waals surface area contributed by atoms with Gasteiger partial charge >= 0.3 is 0 Å². The van der Waals surface area contributed by atoms with E-state index in [0.29, 0.717) is 6.29 Å². The lowest BCUT2D eigenvalue weighted by Gasteiger charge is -2.44. The van der Waals surface area contributed by atoms with Gasteiger partial charge in [0.15, 0.2) is 20.9 Å². The summed E-state index contributed by atoms with van der Waals surface area (Å²) in [6.07, 6.45) is -3.02. The van der Waals surface area contributed by atoms with Crippen LogP contribution in [0.15, 0.2) is 60.7 Å². The summed E-state index contributed by atoms with van der Waals surface area (Å²) < 4.78 is 30.5. The molecule has 0 aromatic heterocycles. The van der Waals surface area contributed by atoms with Gasteiger partial charge in [0.25, 0.3) is 0 Å². The van der Waals surface area contributed by atoms with Crippen molar-refractivity contribution in [2.45, 2.75) is 82.6 Å². The maximum atomic E-state index is 12.4. The first-order valence-electron chi connectivity index (χ1n) is 12.5. The zero-order valence-corrected chi connectivity index (χ0v) is 24.1. The number of carbonyl (C=O) groups is 2. The van der Waals surface area contributed by atoms with Crippen molar-refractivity contribution in [3.05, 3.63) is 71.8 Å². The fourth-order valence-corrected chi connectivity index (χ4v) is 4.98. The Morgan fingerprint density at radius 1 is 0.703 bits per heavy atom. The summed E-state index contributed by atoms with van der Waals surface area (Å²) in [6.45, 7) is 10.9. The number of ether oxygens (including phenoxy) is 4. The van der Waals surface area contributed by atoms with E-state index < -0.39 is 38.8 Å². The molecule has 8 heteroatoms. The van der Waals surface area contributed by atoms with E-state index in [0.717, 1.165) is 17.4 Å². The van der Waals surface area contributed by atoms with Crippen LogP contribution >= 0.6 is 0 Å². The quantitative estimate of drug-likeness (QED) is 0.224. The van der Waals surface area contributed by atoms with Crippen molar-refractivity contribution in [1.82, 2.24) is 0 Å². The van der Waals surface area contributed by atoms with Gasteiger partial charge in [-0.05, 0) is 29.3 Å². The van der Waals surface area contributed by atoms with Crippen molar-refractivity contribution in [2.75, 3.05) is 14.2 Å². The minimum absolute atomic E-state index is 0.140. The van der Waals surface area contributed by atoms with Crippen molar-refractivity contribution in [2.24, 2.45) is 0 Å². The highest BCUT2D eigenvalue weighted by molar-refractivity contribution is 6.74. The molecule has 0 aliphatic rings. The third-order valence-electron chi connectivity index (χ3n) is 6.92. The molecule has 7 nitrogen and oxygen atoms in total. The van der Waals surface area contributed by atoms with Crippen LogP contribution in [0, 0.1) is 0 Å². The van der Waals surface area contributed by atoms with E-state index in [1.807, 2.05) is 60.7 Å². The summed E-state index contributed by atoms with van der Waals surface area (Å²) in [5.74, 6) is 0. The van der Waals surface area contributed by atoms with Gasteiger partial charge in [0.2, 0.25) is 0 Å². The van der Waals surface area contributed by atoms with Crippen LogP contribution in [-0.2, 0) is 46.2 Å². The molecule has 0 amide bonds. The zero-order valence-electron chi connectivity index (χ0n) is 23.1. The number of rotatable bonds is 16. The van der Waals surface area contributed by atoms with Crippen LogP contribution in [0.5, 0.6) is 0 Å². The minimum Gasteiger partial charge on any atom is -0.408 e. The van der Waals surface area contributed by atoms with Crippen molar-refractivity contribution in [1.29, 1.82) is 0 Å². The second-order valence-electron chi connectivity index (χ2n) is 10.5. The van der Waals surface area contributed by atoms with Crippen LogP contribution in [0.25, 0.3) is 0 Å². The monoisotopic (exact) mass is 530 g/mol. The standard InChI is InChI=1S/C29H42O7Si/c1-29(2,3)37(6,7)36-27(24(18-30)32-4)28(33-5)26(35-21-23-16-12-9-13-17-23)25(19-31)34-20-22-14-10-8-11-15-22/h8-19,24-28H,20-21H2,1-7H3/t24-,25-,26-,27+,28+/m1/s1. The van der Waals surface area contributed by atoms with Crippen molar-refractivity contribution in [3.8, 4) is 0 Å². The third-order valence-corrected chi connectivity index (χ3v) is 11.4. The molecule has 0 aliphatic heterocycles. The molecule has 0 N–H and O–H groups in total. The Hall–Kier alpha value is -2.20. The maximum absolute atomic E-state index is 12.4. The van der Waals surface area contributed by atoms with E-state index in [2.05, 4.69) is 33.9 Å². The molecule has 0 radical (unpaired) electrons. The highest BCUT2D eigenvalue weighted by atomic mass is 28.4. The Morgan fingerprint density at radius 2 is 1.19 bits per heavy atom. The fourth-order valence-electron chi connectivity index (χ4n) is 3.68. The smallest absolute Gasteiger partial charge is 0.192 e. The largest absolute Gasteiger partial charge is 0.408 e. The van der Waals surface area contributed by atoms with Crippen molar-refractivity contribution >= 4 is 20.9 Å². The van der Waals surface area contributed by atoms with Crippen LogP contribution in [0.4, 0.5) is 0 Å². The number of hydrogen-bond acceptors (Lipinski definition) is 7. The highest BCUT2D eigenvalue weighted by Gasteiger charge is 2.47. The summed E-state index contributed by atoms with van der Waals surface area (Å²) in [5, 5.41) is -0.140. The third kappa shape index (κ3) is 8.95. The molecule has 0 heterocycles. The first-order valence-corrected chi connectivity index (χ1v) is 15.4. The number of hydrogen-bond donors (Lipinski definition) is 0. The number of methoxy groups -OCH3 is 2. The van der Waals surface area contributed by atoms with E-state index in [1.54, 1.807) is 0 Å². The van der Waals surface area contributed by atoms with Gasteiger partial charge in [0.1, 0.15) is 30.5 Å². The van der Waals surface area contributed by atoms with Crippen LogP contribution in [0.1, 0.15) is 31.9 Å². The van der Waals surface area contributed by atoms with E-state index in [9.17, 15) is 9.59 Å². The molecular formula is C29H42O7Si. The molecule has 0 saturated heterocycles. The van der Waals surface area contributed by atoms with Gasteiger partial charge in [-0.3, -0.25) is 0 Å². The molecule has 37 heavy (non-hydrogen) atoms. The Labute approximate surface area is 222 Å². The summed E-state index contributed by atoms with van der Waals surface area (Å²) in [4.78, 5) is 24.5. The second kappa shape index (κ2) is 14.7. The topological polar surface area (TPSA) is 80.3 Å². The molecular weight excluding hydrogens is 488 g/mol. The van der Waals surface area contributed by atoms with Crippen molar-refractivity contribution in [3.63, 3.8) is 0 Å². The summed E-state index contributed by atoms with van der Waals surface area (Å²) >= 11 is 0. The van der Waals surface area contributed by atoms with Gasteiger partial charge in [0.05, 0.1) is 13.2 Å². The van der Waals surface area contributed by atoms with Crippen LogP contribution < -0.4 is 0 Å². The first-order chi connectivity index (χ1) is 17.6. The molecule has 2 rings (SSSR count). The Bertz CT molecular complexity index is 930. The van der Waals surface area contributed by atoms with Crippen LogP contribution in [0.3, 0.4) is 0 Å². The molecule has 0 bridgehead atoms. The Balaban J connectivity index is 2.44. The molecule has 0 saturated carbocycles.